The molecule has 2 rings (SSSR count). The van der Waals surface area contributed by atoms with E-state index in [0.29, 0.717) is 36.3 Å². The van der Waals surface area contributed by atoms with Crippen LogP contribution in [0.1, 0.15) is 49.7 Å². The molecule has 0 bridgehead atoms. The van der Waals surface area contributed by atoms with Crippen LogP contribution in [-0.2, 0) is 0 Å². The highest BCUT2D eigenvalue weighted by atomic mass is 35.5. The van der Waals surface area contributed by atoms with E-state index >= 15 is 0 Å². The Bertz CT molecular complexity index is 773. The number of amides is 2. The Labute approximate surface area is 199 Å². The summed E-state index contributed by atoms with van der Waals surface area (Å²) in [5.74, 6) is 2.21. The number of carbonyl (C=O) groups excluding carboxylic acids is 2. The molecule has 0 saturated heterocycles. The molecule has 2 aromatic carbocycles. The van der Waals surface area contributed by atoms with Crippen LogP contribution in [0.4, 0.5) is 9.59 Å². The van der Waals surface area contributed by atoms with Gasteiger partial charge in [0.2, 0.25) is 0 Å². The molecule has 0 saturated carbocycles. The first-order valence-electron chi connectivity index (χ1n) is 10.8. The molecular formula is C24H30Cl2N2O4. The summed E-state index contributed by atoms with van der Waals surface area (Å²) in [7, 11) is 0. The van der Waals surface area contributed by atoms with E-state index in [9.17, 15) is 9.59 Å². The van der Waals surface area contributed by atoms with Gasteiger partial charge in [0.15, 0.2) is 0 Å². The van der Waals surface area contributed by atoms with Gasteiger partial charge >= 0.3 is 12.2 Å². The predicted molar refractivity (Wildman–Crippen MR) is 128 cm³/mol. The van der Waals surface area contributed by atoms with E-state index in [0.717, 1.165) is 12.8 Å². The van der Waals surface area contributed by atoms with Crippen molar-refractivity contribution < 1.29 is 19.1 Å². The Morgan fingerprint density at radius 2 is 1.06 bits per heavy atom. The highest BCUT2D eigenvalue weighted by molar-refractivity contribution is 6.18. The van der Waals surface area contributed by atoms with Gasteiger partial charge in [-0.15, -0.1) is 23.2 Å². The van der Waals surface area contributed by atoms with Crippen molar-refractivity contribution in [2.45, 2.75) is 38.5 Å². The zero-order valence-electron chi connectivity index (χ0n) is 18.4. The summed E-state index contributed by atoms with van der Waals surface area (Å²) < 4.78 is 10.5. The van der Waals surface area contributed by atoms with Crippen LogP contribution in [0.2, 0.25) is 0 Å². The third kappa shape index (κ3) is 7.92. The third-order valence-corrected chi connectivity index (χ3v) is 5.51. The van der Waals surface area contributed by atoms with E-state index in [1.807, 2.05) is 24.3 Å². The normalized spacial score (nSPS) is 12.5. The van der Waals surface area contributed by atoms with Crippen LogP contribution in [0.3, 0.4) is 0 Å². The van der Waals surface area contributed by atoms with Gasteiger partial charge in [-0.2, -0.15) is 0 Å². The van der Waals surface area contributed by atoms with Crippen molar-refractivity contribution >= 4 is 35.4 Å². The maximum atomic E-state index is 11.7. The summed E-state index contributed by atoms with van der Waals surface area (Å²) >= 11 is 11.1. The van der Waals surface area contributed by atoms with Gasteiger partial charge in [-0.1, -0.05) is 38.1 Å². The van der Waals surface area contributed by atoms with Gasteiger partial charge in [0.05, 0.1) is 0 Å². The average Bonchev–Trinajstić information content (AvgIpc) is 2.81. The van der Waals surface area contributed by atoms with Gasteiger partial charge in [0, 0.05) is 24.8 Å². The summed E-state index contributed by atoms with van der Waals surface area (Å²) in [6, 6.07) is 15.2. The lowest BCUT2D eigenvalue weighted by Crippen LogP contribution is -2.28. The standard InChI is InChI=1S/C24H30Cl2N2O4/c1-3-21(17-5-9-19(10-6-17)31-23(29)27-15-13-25)22(4-2)18-7-11-20(12-8-18)32-24(30)28-16-14-26/h5-12,21-22H,3-4,13-16H2,1-2H3,(H,27,29)(H,28,30). The van der Waals surface area contributed by atoms with Crippen molar-refractivity contribution in [1.82, 2.24) is 10.6 Å². The highest BCUT2D eigenvalue weighted by Crippen LogP contribution is 2.38. The minimum Gasteiger partial charge on any atom is -0.410 e. The van der Waals surface area contributed by atoms with Crippen molar-refractivity contribution in [3.63, 3.8) is 0 Å². The van der Waals surface area contributed by atoms with Gasteiger partial charge in [0.25, 0.3) is 0 Å². The van der Waals surface area contributed by atoms with Crippen LogP contribution >= 0.6 is 23.2 Å². The SMILES string of the molecule is CCC(c1ccc(OC(=O)NCCCl)cc1)C(CC)c1ccc(OC(=O)NCCCl)cc1. The van der Waals surface area contributed by atoms with E-state index in [-0.39, 0.29) is 11.8 Å². The number of benzene rings is 2. The number of hydrogen-bond donors (Lipinski definition) is 2. The molecule has 0 aliphatic carbocycles. The second kappa shape index (κ2) is 13.9. The summed E-state index contributed by atoms with van der Waals surface area (Å²) in [4.78, 5) is 23.4. The predicted octanol–water partition coefficient (Wildman–Crippen LogP) is 6.03. The lowest BCUT2D eigenvalue weighted by Gasteiger charge is -2.26. The fourth-order valence-electron chi connectivity index (χ4n) is 3.66. The van der Waals surface area contributed by atoms with Crippen molar-refractivity contribution in [3.05, 3.63) is 59.7 Å². The van der Waals surface area contributed by atoms with Crippen LogP contribution in [-0.4, -0.2) is 37.0 Å². The molecule has 0 aromatic heterocycles. The fourth-order valence-corrected chi connectivity index (χ4v) is 3.85. The molecule has 0 radical (unpaired) electrons. The molecule has 2 aromatic rings. The van der Waals surface area contributed by atoms with Crippen LogP contribution in [0.25, 0.3) is 0 Å². The molecule has 2 unspecified atom stereocenters. The van der Waals surface area contributed by atoms with Crippen molar-refractivity contribution in [2.75, 3.05) is 24.8 Å². The highest BCUT2D eigenvalue weighted by Gasteiger charge is 2.22. The lowest BCUT2D eigenvalue weighted by atomic mass is 9.78. The number of halogens is 2. The largest absolute Gasteiger partial charge is 0.412 e. The first kappa shape index (κ1) is 25.8. The second-order valence-electron chi connectivity index (χ2n) is 7.18. The topological polar surface area (TPSA) is 76.7 Å². The molecule has 174 valence electrons. The summed E-state index contributed by atoms with van der Waals surface area (Å²) in [5.41, 5.74) is 2.35. The van der Waals surface area contributed by atoms with Crippen LogP contribution < -0.4 is 20.1 Å². The van der Waals surface area contributed by atoms with Gasteiger partial charge in [-0.3, -0.25) is 0 Å². The van der Waals surface area contributed by atoms with Crippen molar-refractivity contribution in [3.8, 4) is 11.5 Å². The molecule has 2 amide bonds. The Kier molecular flexibility index (Phi) is 11.2. The fraction of sp³-hybridized carbons (Fsp3) is 0.417. The molecule has 8 heteroatoms. The van der Waals surface area contributed by atoms with Crippen LogP contribution in [0.5, 0.6) is 11.5 Å². The number of rotatable bonds is 11. The molecule has 2 N–H and O–H groups in total. The number of ether oxygens (including phenoxy) is 2. The smallest absolute Gasteiger partial charge is 0.410 e. The minimum atomic E-state index is -0.518. The van der Waals surface area contributed by atoms with Crippen molar-refractivity contribution in [1.29, 1.82) is 0 Å². The first-order chi connectivity index (χ1) is 15.5. The molecule has 0 aliphatic heterocycles. The van der Waals surface area contributed by atoms with E-state index < -0.39 is 12.2 Å². The average molecular weight is 481 g/mol. The van der Waals surface area contributed by atoms with E-state index in [2.05, 4.69) is 24.5 Å². The quantitative estimate of drug-likeness (QED) is 0.385. The summed E-state index contributed by atoms with van der Waals surface area (Å²) in [5, 5.41) is 5.14. The van der Waals surface area contributed by atoms with Gasteiger partial charge < -0.3 is 20.1 Å². The van der Waals surface area contributed by atoms with E-state index in [1.54, 1.807) is 24.3 Å². The molecule has 2 atom stereocenters. The molecule has 6 nitrogen and oxygen atoms in total. The molecule has 0 heterocycles. The Morgan fingerprint density at radius 3 is 1.34 bits per heavy atom. The zero-order chi connectivity index (χ0) is 23.3. The molecule has 0 fully saturated rings. The first-order valence-corrected chi connectivity index (χ1v) is 11.8. The van der Waals surface area contributed by atoms with Gasteiger partial charge in [-0.25, -0.2) is 9.59 Å². The van der Waals surface area contributed by atoms with Crippen molar-refractivity contribution in [2.24, 2.45) is 0 Å². The maximum Gasteiger partial charge on any atom is 0.412 e. The third-order valence-electron chi connectivity index (χ3n) is 5.13. The molecule has 0 aliphatic rings. The Hall–Kier alpha value is -2.44. The maximum absolute atomic E-state index is 11.7. The van der Waals surface area contributed by atoms with E-state index in [4.69, 9.17) is 32.7 Å². The number of alkyl halides is 2. The minimum absolute atomic E-state index is 0.290. The Balaban J connectivity index is 2.07. The van der Waals surface area contributed by atoms with Gasteiger partial charge in [0.1, 0.15) is 11.5 Å². The molecule has 0 spiro atoms. The lowest BCUT2D eigenvalue weighted by molar-refractivity contribution is 0.200. The number of nitrogens with one attached hydrogen (secondary N) is 2. The summed E-state index contributed by atoms with van der Waals surface area (Å²) in [6.07, 6.45) is 0.869. The molecule has 32 heavy (non-hydrogen) atoms. The van der Waals surface area contributed by atoms with Crippen LogP contribution in [0, 0.1) is 0 Å². The Morgan fingerprint density at radius 1 is 0.719 bits per heavy atom. The second-order valence-corrected chi connectivity index (χ2v) is 7.93. The summed E-state index contributed by atoms with van der Waals surface area (Å²) in [6.45, 7) is 5.04. The monoisotopic (exact) mass is 480 g/mol. The number of hydrogen-bond acceptors (Lipinski definition) is 4. The van der Waals surface area contributed by atoms with Gasteiger partial charge in [-0.05, 0) is 60.1 Å². The van der Waals surface area contributed by atoms with E-state index in [1.165, 1.54) is 11.1 Å². The van der Waals surface area contributed by atoms with Crippen LogP contribution in [0.15, 0.2) is 48.5 Å². The zero-order valence-corrected chi connectivity index (χ0v) is 19.9. The number of carbonyl (C=O) groups is 2. The molecular weight excluding hydrogens is 451 g/mol.